The number of rotatable bonds is 5. The molecule has 5 heteroatoms. The van der Waals surface area contributed by atoms with Crippen molar-refractivity contribution in [2.24, 2.45) is 11.8 Å². The molecular weight excluding hydrogens is 157 g/mol. The molecule has 0 amide bonds. The van der Waals surface area contributed by atoms with Crippen LogP contribution in [0.5, 0.6) is 0 Å². The molecule has 1 atom stereocenters. The maximum atomic E-state index is 10.9. The summed E-state index contributed by atoms with van der Waals surface area (Å²) in [6, 6.07) is 0. The minimum atomic E-state index is -1.14. The Morgan fingerprint density at radius 2 is 2.00 bits per heavy atom. The van der Waals surface area contributed by atoms with E-state index in [0.717, 1.165) is 0 Å². The summed E-state index contributed by atoms with van der Waals surface area (Å²) in [5.74, 6) is -2.03. The molecule has 0 aromatic carbocycles. The van der Waals surface area contributed by atoms with Crippen molar-refractivity contribution >= 4 is 18.7 Å². The topological polar surface area (TPSA) is 78.2 Å². The average Bonchev–Trinajstić information content (AvgIpc) is 1.98. The molecular formula is C7H12BNO3. The number of aliphatic carboxylic acids is 1. The number of carboxylic acid groups (broad SMARTS) is 1. The molecule has 0 rings (SSSR count). The van der Waals surface area contributed by atoms with Crippen LogP contribution in [0, 0.1) is 17.1 Å². The van der Waals surface area contributed by atoms with Gasteiger partial charge in [-0.15, -0.1) is 0 Å². The fourth-order valence-corrected chi connectivity index (χ4v) is 0.911. The maximum absolute atomic E-state index is 10.9. The van der Waals surface area contributed by atoms with Crippen LogP contribution in [0.3, 0.4) is 0 Å². The minimum absolute atomic E-state index is 0.148. The Hall–Kier alpha value is -0.995. The summed E-state index contributed by atoms with van der Waals surface area (Å²) in [6.45, 7) is 3.68. The summed E-state index contributed by atoms with van der Waals surface area (Å²) < 4.78 is 0. The Bertz CT molecular complexity index is 203. The van der Waals surface area contributed by atoms with Crippen molar-refractivity contribution in [1.82, 2.24) is 0 Å². The number of hydrogen-bond donors (Lipinski definition) is 2. The molecule has 0 aliphatic rings. The molecule has 0 aromatic rings. The molecule has 0 aliphatic heterocycles. The van der Waals surface area contributed by atoms with Gasteiger partial charge in [-0.1, -0.05) is 0 Å². The third-order valence-electron chi connectivity index (χ3n) is 1.49. The van der Waals surface area contributed by atoms with E-state index in [2.05, 4.69) is 0 Å². The Labute approximate surface area is 71.7 Å². The molecule has 66 valence electrons. The average molecular weight is 169 g/mol. The van der Waals surface area contributed by atoms with Crippen molar-refractivity contribution in [3.63, 3.8) is 0 Å². The Kier molecular flexibility index (Phi) is 4.40. The van der Waals surface area contributed by atoms with Gasteiger partial charge >= 0.3 is 70.8 Å². The van der Waals surface area contributed by atoms with E-state index in [4.69, 9.17) is 10.4 Å². The fourth-order valence-electron chi connectivity index (χ4n) is 0.911. The van der Waals surface area contributed by atoms with E-state index >= 15 is 0 Å². The predicted octanol–water partition coefficient (Wildman–Crippen LogP) is 0.726. The summed E-state index contributed by atoms with van der Waals surface area (Å²) in [6.07, 6.45) is 0.295. The van der Waals surface area contributed by atoms with Gasteiger partial charge in [0, 0.05) is 0 Å². The van der Waals surface area contributed by atoms with Crippen LogP contribution in [0.15, 0.2) is 0 Å². The first kappa shape index (κ1) is 11.0. The SMILES string of the molecule is CC(C)C[C@@H](C(=O)O)C(=O)B=N. The standard InChI is InChI=1S/C7H12BNO3/c1-4(2)3-5(7(11)12)6(10)8-9/h4-5,9H,3H2,1-2H3,(H,11,12)/t5-/m1/s1. The zero-order valence-electron chi connectivity index (χ0n) is 7.20. The van der Waals surface area contributed by atoms with Gasteiger partial charge in [0.25, 0.3) is 0 Å². The van der Waals surface area contributed by atoms with Gasteiger partial charge in [0.05, 0.1) is 0 Å². The summed E-state index contributed by atoms with van der Waals surface area (Å²) in [7, 11) is 0.571. The first-order valence-electron chi connectivity index (χ1n) is 3.76. The monoisotopic (exact) mass is 169 g/mol. The van der Waals surface area contributed by atoms with E-state index in [1.54, 1.807) is 0 Å². The van der Waals surface area contributed by atoms with Gasteiger partial charge in [-0.3, -0.25) is 0 Å². The van der Waals surface area contributed by atoms with E-state index in [-0.39, 0.29) is 5.92 Å². The van der Waals surface area contributed by atoms with Crippen molar-refractivity contribution in [2.45, 2.75) is 20.3 Å². The Morgan fingerprint density at radius 1 is 1.50 bits per heavy atom. The van der Waals surface area contributed by atoms with Crippen LogP contribution in [-0.4, -0.2) is 23.8 Å². The quantitative estimate of drug-likeness (QED) is 0.470. The second kappa shape index (κ2) is 4.80. The first-order valence-corrected chi connectivity index (χ1v) is 3.76. The van der Waals surface area contributed by atoms with E-state index in [1.165, 1.54) is 0 Å². The summed E-state index contributed by atoms with van der Waals surface area (Å²) in [4.78, 5) is 21.4. The number of hydrogen-bond acceptors (Lipinski definition) is 3. The van der Waals surface area contributed by atoms with Crippen molar-refractivity contribution in [1.29, 1.82) is 5.31 Å². The van der Waals surface area contributed by atoms with E-state index in [0.29, 0.717) is 13.5 Å². The molecule has 0 aromatic heterocycles. The number of carboxylic acids is 1. The van der Waals surface area contributed by atoms with Crippen molar-refractivity contribution in [3.05, 3.63) is 0 Å². The third-order valence-corrected chi connectivity index (χ3v) is 1.49. The molecule has 0 saturated carbocycles. The third kappa shape index (κ3) is 3.41. The van der Waals surface area contributed by atoms with Crippen LogP contribution < -0.4 is 0 Å². The first-order chi connectivity index (χ1) is 5.49. The molecule has 0 saturated heterocycles. The molecule has 0 radical (unpaired) electrons. The van der Waals surface area contributed by atoms with Gasteiger partial charge in [-0.25, -0.2) is 0 Å². The van der Waals surface area contributed by atoms with Crippen LogP contribution >= 0.6 is 0 Å². The number of carbonyl (C=O) groups excluding carboxylic acids is 1. The van der Waals surface area contributed by atoms with Crippen molar-refractivity contribution < 1.29 is 14.7 Å². The van der Waals surface area contributed by atoms with E-state index in [9.17, 15) is 9.59 Å². The van der Waals surface area contributed by atoms with Gasteiger partial charge < -0.3 is 0 Å². The molecule has 0 fully saturated rings. The zero-order valence-corrected chi connectivity index (χ0v) is 7.20. The Morgan fingerprint density at radius 3 is 2.25 bits per heavy atom. The molecule has 0 unspecified atom stereocenters. The molecule has 12 heavy (non-hydrogen) atoms. The summed E-state index contributed by atoms with van der Waals surface area (Å²) in [5, 5.41) is 15.2. The van der Waals surface area contributed by atoms with Crippen LogP contribution in [0.1, 0.15) is 20.3 Å². The van der Waals surface area contributed by atoms with Crippen molar-refractivity contribution in [3.8, 4) is 0 Å². The summed E-state index contributed by atoms with van der Waals surface area (Å²) in [5.41, 5.74) is -0.629. The van der Waals surface area contributed by atoms with E-state index < -0.39 is 17.6 Å². The van der Waals surface area contributed by atoms with Gasteiger partial charge in [0.1, 0.15) is 0 Å². The van der Waals surface area contributed by atoms with E-state index in [1.807, 2.05) is 13.8 Å². The van der Waals surface area contributed by atoms with Crippen LogP contribution in [0.4, 0.5) is 0 Å². The predicted molar refractivity (Wildman–Crippen MR) is 44.1 cm³/mol. The molecule has 0 bridgehead atoms. The second-order valence-corrected chi connectivity index (χ2v) is 3.07. The number of nitrogens with one attached hydrogen (secondary N) is 1. The molecule has 0 spiro atoms. The second-order valence-electron chi connectivity index (χ2n) is 3.07. The zero-order chi connectivity index (χ0) is 9.72. The molecule has 0 heterocycles. The normalized spacial score (nSPS) is 12.2. The summed E-state index contributed by atoms with van der Waals surface area (Å²) >= 11 is 0. The number of carbonyl (C=O) groups is 2. The van der Waals surface area contributed by atoms with Gasteiger partial charge in [-0.05, 0) is 0 Å². The Balaban J connectivity index is 4.33. The molecule has 4 nitrogen and oxygen atoms in total. The van der Waals surface area contributed by atoms with Gasteiger partial charge in [0.15, 0.2) is 0 Å². The molecule has 2 N–H and O–H groups in total. The van der Waals surface area contributed by atoms with Crippen molar-refractivity contribution in [2.75, 3.05) is 0 Å². The van der Waals surface area contributed by atoms with Gasteiger partial charge in [-0.2, -0.15) is 0 Å². The van der Waals surface area contributed by atoms with Gasteiger partial charge in [0.2, 0.25) is 0 Å². The van der Waals surface area contributed by atoms with Crippen LogP contribution in [0.25, 0.3) is 0 Å². The fraction of sp³-hybridized carbons (Fsp3) is 0.714. The van der Waals surface area contributed by atoms with Crippen LogP contribution in [0.2, 0.25) is 0 Å². The molecule has 0 aliphatic carbocycles. The van der Waals surface area contributed by atoms with Crippen LogP contribution in [-0.2, 0) is 9.59 Å².